The third-order valence-electron chi connectivity index (χ3n) is 2.62. The van der Waals surface area contributed by atoms with Crippen molar-refractivity contribution in [3.63, 3.8) is 0 Å². The molecule has 5 nitrogen and oxygen atoms in total. The molecule has 0 spiro atoms. The van der Waals surface area contributed by atoms with Gasteiger partial charge in [0, 0.05) is 25.3 Å². The zero-order chi connectivity index (χ0) is 15.0. The Bertz CT molecular complexity index is 544. The monoisotopic (exact) mass is 316 g/mol. The minimum atomic E-state index is -3.40. The highest BCUT2D eigenvalue weighted by Gasteiger charge is 2.14. The lowest BCUT2D eigenvalue weighted by Crippen LogP contribution is -2.27. The van der Waals surface area contributed by atoms with Crippen LogP contribution in [0, 0.1) is 0 Å². The van der Waals surface area contributed by atoms with Gasteiger partial charge in [-0.2, -0.15) is 0 Å². The number of nitrogens with one attached hydrogen (secondary N) is 1. The molecule has 0 unspecified atom stereocenters. The Kier molecular flexibility index (Phi) is 7.08. The molecule has 0 aliphatic carbocycles. The molecule has 1 rings (SSSR count). The molecule has 0 bridgehead atoms. The number of ether oxygens (including phenoxy) is 1. The molecule has 7 heteroatoms. The molecule has 0 saturated carbocycles. The average Bonchev–Trinajstić information content (AvgIpc) is 2.38. The molecular formula is C13H20N2O3S2. The van der Waals surface area contributed by atoms with Gasteiger partial charge in [-0.15, -0.1) is 0 Å². The van der Waals surface area contributed by atoms with Crippen LogP contribution in [0.2, 0.25) is 0 Å². The quantitative estimate of drug-likeness (QED) is 0.528. The lowest BCUT2D eigenvalue weighted by Gasteiger charge is -2.10. The van der Waals surface area contributed by atoms with E-state index in [1.165, 1.54) is 0 Å². The van der Waals surface area contributed by atoms with Crippen molar-refractivity contribution in [1.29, 1.82) is 0 Å². The summed E-state index contributed by atoms with van der Waals surface area (Å²) in [4.78, 5) is 0.201. The summed E-state index contributed by atoms with van der Waals surface area (Å²) in [5, 5.41) is 0. The van der Waals surface area contributed by atoms with E-state index >= 15 is 0 Å². The van der Waals surface area contributed by atoms with E-state index in [2.05, 4.69) is 4.72 Å². The van der Waals surface area contributed by atoms with Crippen molar-refractivity contribution < 1.29 is 13.2 Å². The van der Waals surface area contributed by atoms with Gasteiger partial charge in [0.1, 0.15) is 4.99 Å². The Morgan fingerprint density at radius 2 is 2.10 bits per heavy atom. The molecule has 0 heterocycles. The number of hydrogen-bond acceptors (Lipinski definition) is 4. The van der Waals surface area contributed by atoms with Crippen LogP contribution in [0.3, 0.4) is 0 Å². The summed E-state index contributed by atoms with van der Waals surface area (Å²) in [5.41, 5.74) is 6.80. The van der Waals surface area contributed by atoms with Gasteiger partial charge in [-0.3, -0.25) is 0 Å². The molecule has 0 radical (unpaired) electrons. The zero-order valence-corrected chi connectivity index (χ0v) is 13.1. The molecule has 1 aromatic carbocycles. The minimum absolute atomic E-state index is 0.130. The molecule has 1 aromatic rings. The van der Waals surface area contributed by atoms with Crippen molar-refractivity contribution in [3.05, 3.63) is 35.4 Å². The summed E-state index contributed by atoms with van der Waals surface area (Å²) in [6.45, 7) is 3.44. The van der Waals surface area contributed by atoms with Crippen LogP contribution in [0.4, 0.5) is 0 Å². The molecule has 3 N–H and O–H groups in total. The number of nitrogens with two attached hydrogens (primary N) is 1. The lowest BCUT2D eigenvalue weighted by molar-refractivity contribution is 0.146. The van der Waals surface area contributed by atoms with Crippen LogP contribution < -0.4 is 10.5 Å². The first kappa shape index (κ1) is 17.0. The first-order chi connectivity index (χ1) is 9.46. The lowest BCUT2D eigenvalue weighted by atomic mass is 10.1. The van der Waals surface area contributed by atoms with E-state index in [4.69, 9.17) is 22.7 Å². The maximum Gasteiger partial charge on any atom is 0.215 e. The average molecular weight is 316 g/mol. The molecule has 112 valence electrons. The number of rotatable bonds is 9. The van der Waals surface area contributed by atoms with E-state index in [0.29, 0.717) is 37.3 Å². The second-order valence-electron chi connectivity index (χ2n) is 4.23. The summed E-state index contributed by atoms with van der Waals surface area (Å²) in [6, 6.07) is 6.98. The van der Waals surface area contributed by atoms with Gasteiger partial charge in [0.25, 0.3) is 0 Å². The largest absolute Gasteiger partial charge is 0.389 e. The Morgan fingerprint density at radius 1 is 1.40 bits per heavy atom. The standard InChI is InChI=1S/C13H20N2O3S2/c1-2-18-9-5-8-15-20(16,17)10-11-6-3-4-7-12(11)13(14)19/h3-4,6-7,15H,2,5,8-10H2,1H3,(H2,14,19). The summed E-state index contributed by atoms with van der Waals surface area (Å²) in [5.74, 6) is -0.130. The third-order valence-corrected chi connectivity index (χ3v) is 4.17. The first-order valence-corrected chi connectivity index (χ1v) is 8.45. The Labute approximate surface area is 125 Å². The van der Waals surface area contributed by atoms with Crippen molar-refractivity contribution >= 4 is 27.2 Å². The van der Waals surface area contributed by atoms with Crippen LogP contribution >= 0.6 is 12.2 Å². The van der Waals surface area contributed by atoms with Gasteiger partial charge in [0.15, 0.2) is 0 Å². The number of hydrogen-bond donors (Lipinski definition) is 2. The summed E-state index contributed by atoms with van der Waals surface area (Å²) >= 11 is 4.92. The van der Waals surface area contributed by atoms with E-state index in [1.54, 1.807) is 24.3 Å². The van der Waals surface area contributed by atoms with Crippen LogP contribution in [0.1, 0.15) is 24.5 Å². The van der Waals surface area contributed by atoms with E-state index in [-0.39, 0.29) is 10.7 Å². The predicted molar refractivity (Wildman–Crippen MR) is 84.1 cm³/mol. The highest BCUT2D eigenvalue weighted by Crippen LogP contribution is 2.12. The second kappa shape index (κ2) is 8.31. The molecule has 0 aliphatic heterocycles. The normalized spacial score (nSPS) is 11.4. The summed E-state index contributed by atoms with van der Waals surface area (Å²) in [7, 11) is -3.40. The number of sulfonamides is 1. The Balaban J connectivity index is 2.60. The minimum Gasteiger partial charge on any atom is -0.389 e. The van der Waals surface area contributed by atoms with Gasteiger partial charge < -0.3 is 10.5 Å². The molecular weight excluding hydrogens is 296 g/mol. The van der Waals surface area contributed by atoms with Gasteiger partial charge in [0.2, 0.25) is 10.0 Å². The SMILES string of the molecule is CCOCCCNS(=O)(=O)Cc1ccccc1C(N)=S. The molecule has 0 amide bonds. The van der Waals surface area contributed by atoms with Gasteiger partial charge in [-0.05, 0) is 18.9 Å². The first-order valence-electron chi connectivity index (χ1n) is 6.39. The fourth-order valence-electron chi connectivity index (χ4n) is 1.69. The molecule has 0 aliphatic rings. The van der Waals surface area contributed by atoms with E-state index in [9.17, 15) is 8.42 Å². The van der Waals surface area contributed by atoms with Gasteiger partial charge in [0.05, 0.1) is 5.75 Å². The van der Waals surface area contributed by atoms with E-state index in [0.717, 1.165) is 0 Å². The van der Waals surface area contributed by atoms with Crippen molar-refractivity contribution in [2.45, 2.75) is 19.1 Å². The highest BCUT2D eigenvalue weighted by atomic mass is 32.2. The predicted octanol–water partition coefficient (Wildman–Crippen LogP) is 1.17. The van der Waals surface area contributed by atoms with Gasteiger partial charge in [-0.1, -0.05) is 36.5 Å². The van der Waals surface area contributed by atoms with E-state index < -0.39 is 10.0 Å². The summed E-state index contributed by atoms with van der Waals surface area (Å²) < 4.78 is 31.6. The van der Waals surface area contributed by atoms with Crippen LogP contribution in [-0.4, -0.2) is 33.2 Å². The maximum absolute atomic E-state index is 12.0. The number of benzene rings is 1. The maximum atomic E-state index is 12.0. The van der Waals surface area contributed by atoms with Crippen LogP contribution in [-0.2, 0) is 20.5 Å². The van der Waals surface area contributed by atoms with Gasteiger partial charge in [-0.25, -0.2) is 13.1 Å². The molecule has 0 saturated heterocycles. The fourth-order valence-corrected chi connectivity index (χ4v) is 3.11. The van der Waals surface area contributed by atoms with Crippen molar-refractivity contribution in [1.82, 2.24) is 4.72 Å². The highest BCUT2D eigenvalue weighted by molar-refractivity contribution is 7.88. The van der Waals surface area contributed by atoms with Crippen molar-refractivity contribution in [2.75, 3.05) is 19.8 Å². The van der Waals surface area contributed by atoms with Crippen molar-refractivity contribution in [2.24, 2.45) is 5.73 Å². The fraction of sp³-hybridized carbons (Fsp3) is 0.462. The smallest absolute Gasteiger partial charge is 0.215 e. The topological polar surface area (TPSA) is 81.4 Å². The van der Waals surface area contributed by atoms with Gasteiger partial charge >= 0.3 is 0 Å². The number of thiocarbonyl (C=S) groups is 1. The molecule has 20 heavy (non-hydrogen) atoms. The molecule has 0 fully saturated rings. The van der Waals surface area contributed by atoms with Crippen molar-refractivity contribution in [3.8, 4) is 0 Å². The molecule has 0 atom stereocenters. The third kappa shape index (κ3) is 5.96. The second-order valence-corrected chi connectivity index (χ2v) is 6.47. The Hall–Kier alpha value is -1.02. The zero-order valence-electron chi connectivity index (χ0n) is 11.5. The van der Waals surface area contributed by atoms with E-state index in [1.807, 2.05) is 6.92 Å². The van der Waals surface area contributed by atoms with Crippen LogP contribution in [0.15, 0.2) is 24.3 Å². The van der Waals surface area contributed by atoms with Crippen LogP contribution in [0.25, 0.3) is 0 Å². The molecule has 0 aromatic heterocycles. The Morgan fingerprint density at radius 3 is 2.75 bits per heavy atom. The summed E-state index contributed by atoms with van der Waals surface area (Å²) in [6.07, 6.45) is 0.643. The van der Waals surface area contributed by atoms with Crippen LogP contribution in [0.5, 0.6) is 0 Å².